The molecule has 0 bridgehead atoms. The van der Waals surface area contributed by atoms with Gasteiger partial charge in [0.15, 0.2) is 0 Å². The monoisotopic (exact) mass is 255 g/mol. The van der Waals surface area contributed by atoms with Gasteiger partial charge in [0.1, 0.15) is 11.6 Å². The minimum absolute atomic E-state index is 0.0481. The van der Waals surface area contributed by atoms with E-state index in [-0.39, 0.29) is 11.7 Å². The topological polar surface area (TPSA) is 21.3 Å². The first-order chi connectivity index (χ1) is 8.46. The fourth-order valence-corrected chi connectivity index (χ4v) is 2.25. The molecule has 0 radical (unpaired) electrons. The van der Waals surface area contributed by atoms with Crippen molar-refractivity contribution in [2.75, 3.05) is 6.54 Å². The van der Waals surface area contributed by atoms with Crippen molar-refractivity contribution >= 4 is 0 Å². The zero-order valence-electron chi connectivity index (χ0n) is 10.8. The Kier molecular flexibility index (Phi) is 3.97. The van der Waals surface area contributed by atoms with Crippen LogP contribution in [0, 0.1) is 11.6 Å². The maximum absolute atomic E-state index is 13.4. The van der Waals surface area contributed by atoms with Gasteiger partial charge in [-0.15, -0.1) is 0 Å². The van der Waals surface area contributed by atoms with Crippen LogP contribution in [0.3, 0.4) is 0 Å². The van der Waals surface area contributed by atoms with E-state index >= 15 is 0 Å². The smallest absolute Gasteiger partial charge is 0.130 e. The summed E-state index contributed by atoms with van der Waals surface area (Å²) in [6.45, 7) is 5.24. The van der Waals surface area contributed by atoms with Crippen molar-refractivity contribution in [3.63, 3.8) is 0 Å². The van der Waals surface area contributed by atoms with Gasteiger partial charge in [-0.2, -0.15) is 0 Å². The van der Waals surface area contributed by atoms with E-state index in [0.29, 0.717) is 18.7 Å². The van der Waals surface area contributed by atoms with E-state index < -0.39 is 11.6 Å². The molecule has 1 fully saturated rings. The fourth-order valence-electron chi connectivity index (χ4n) is 2.25. The first-order valence-corrected chi connectivity index (χ1v) is 6.29. The van der Waals surface area contributed by atoms with E-state index in [2.05, 4.69) is 19.2 Å². The van der Waals surface area contributed by atoms with E-state index in [1.807, 2.05) is 0 Å². The Bertz CT molecular complexity index is 420. The van der Waals surface area contributed by atoms with E-state index in [1.54, 1.807) is 0 Å². The average Bonchev–Trinajstić information content (AvgIpc) is 2.61. The minimum Gasteiger partial charge on any atom is -0.371 e. The van der Waals surface area contributed by atoms with Crippen LogP contribution < -0.4 is 5.32 Å². The molecule has 0 amide bonds. The zero-order chi connectivity index (χ0) is 13.2. The lowest BCUT2D eigenvalue weighted by Gasteiger charge is -2.19. The van der Waals surface area contributed by atoms with Crippen LogP contribution in [0.2, 0.25) is 0 Å². The van der Waals surface area contributed by atoms with Crippen LogP contribution >= 0.6 is 0 Å². The molecule has 1 saturated heterocycles. The Balaban J connectivity index is 1.79. The number of benzene rings is 1. The third kappa shape index (κ3) is 3.50. The molecule has 1 aliphatic rings. The Morgan fingerprint density at radius 3 is 2.78 bits per heavy atom. The predicted molar refractivity (Wildman–Crippen MR) is 66.3 cm³/mol. The van der Waals surface area contributed by atoms with Crippen molar-refractivity contribution < 1.29 is 13.5 Å². The van der Waals surface area contributed by atoms with Gasteiger partial charge in [-0.3, -0.25) is 0 Å². The highest BCUT2D eigenvalue weighted by Gasteiger charge is 2.31. The number of rotatable bonds is 4. The molecule has 1 atom stereocenters. The van der Waals surface area contributed by atoms with Crippen molar-refractivity contribution in [3.05, 3.63) is 35.4 Å². The van der Waals surface area contributed by atoms with Crippen LogP contribution in [0.4, 0.5) is 8.78 Å². The largest absolute Gasteiger partial charge is 0.371 e. The molecule has 100 valence electrons. The van der Waals surface area contributed by atoms with Crippen molar-refractivity contribution in [1.82, 2.24) is 5.32 Å². The van der Waals surface area contributed by atoms with Gasteiger partial charge in [0.2, 0.25) is 0 Å². The Morgan fingerprint density at radius 1 is 1.39 bits per heavy atom. The first kappa shape index (κ1) is 13.4. The van der Waals surface area contributed by atoms with Gasteiger partial charge in [0, 0.05) is 24.7 Å². The van der Waals surface area contributed by atoms with Crippen LogP contribution in [-0.2, 0) is 11.3 Å². The molecular formula is C14H19F2NO. The second-order valence-electron chi connectivity index (χ2n) is 5.40. The summed E-state index contributed by atoms with van der Waals surface area (Å²) >= 11 is 0. The van der Waals surface area contributed by atoms with Gasteiger partial charge in [0.25, 0.3) is 0 Å². The van der Waals surface area contributed by atoms with Crippen molar-refractivity contribution in [2.24, 2.45) is 0 Å². The van der Waals surface area contributed by atoms with Crippen molar-refractivity contribution in [3.8, 4) is 0 Å². The van der Waals surface area contributed by atoms with Crippen LogP contribution in [-0.4, -0.2) is 18.2 Å². The molecule has 0 aromatic heterocycles. The summed E-state index contributed by atoms with van der Waals surface area (Å²) in [6, 6.07) is 3.65. The van der Waals surface area contributed by atoms with Crippen molar-refractivity contribution in [2.45, 2.75) is 44.9 Å². The lowest BCUT2D eigenvalue weighted by Crippen LogP contribution is -2.29. The van der Waals surface area contributed by atoms with E-state index in [4.69, 9.17) is 4.74 Å². The van der Waals surface area contributed by atoms with Gasteiger partial charge in [-0.1, -0.05) is 6.07 Å². The molecular weight excluding hydrogens is 236 g/mol. The number of nitrogens with one attached hydrogen (secondary N) is 1. The first-order valence-electron chi connectivity index (χ1n) is 6.29. The van der Waals surface area contributed by atoms with Crippen LogP contribution in [0.5, 0.6) is 0 Å². The van der Waals surface area contributed by atoms with Gasteiger partial charge >= 0.3 is 0 Å². The molecule has 2 rings (SSSR count). The van der Waals surface area contributed by atoms with Crippen molar-refractivity contribution in [1.29, 1.82) is 0 Å². The minimum atomic E-state index is -0.544. The Morgan fingerprint density at radius 2 is 2.17 bits per heavy atom. The summed E-state index contributed by atoms with van der Waals surface area (Å²) in [5.74, 6) is -1.05. The normalized spacial score (nSPS) is 22.3. The second-order valence-corrected chi connectivity index (χ2v) is 5.40. The molecule has 1 aromatic carbocycles. The average molecular weight is 255 g/mol. The van der Waals surface area contributed by atoms with E-state index in [1.165, 1.54) is 12.1 Å². The highest BCUT2D eigenvalue weighted by molar-refractivity contribution is 5.18. The summed E-state index contributed by atoms with van der Waals surface area (Å²) in [7, 11) is 0. The maximum Gasteiger partial charge on any atom is 0.130 e. The molecule has 1 unspecified atom stereocenters. The predicted octanol–water partition coefficient (Wildman–Crippen LogP) is 3.01. The van der Waals surface area contributed by atoms with Gasteiger partial charge < -0.3 is 10.1 Å². The fraction of sp³-hybridized carbons (Fsp3) is 0.571. The van der Waals surface area contributed by atoms with Crippen LogP contribution in [0.1, 0.15) is 32.3 Å². The number of halogens is 2. The summed E-state index contributed by atoms with van der Waals surface area (Å²) in [6.07, 6.45) is 2.25. The molecule has 18 heavy (non-hydrogen) atoms. The molecule has 1 N–H and O–H groups in total. The lowest BCUT2D eigenvalue weighted by atomic mass is 10.1. The molecule has 2 nitrogen and oxygen atoms in total. The van der Waals surface area contributed by atoms with Gasteiger partial charge in [-0.05, 0) is 32.8 Å². The standard InChI is InChI=1S/C14H19F2NO/c1-14(2)6-5-12(18-14)9-17-8-10-3-4-11(15)7-13(10)16/h3-4,7,12,17H,5-6,8-9H2,1-2H3. The summed E-state index contributed by atoms with van der Waals surface area (Å²) in [4.78, 5) is 0. The molecule has 0 saturated carbocycles. The van der Waals surface area contributed by atoms with Gasteiger partial charge in [-0.25, -0.2) is 8.78 Å². The molecule has 0 spiro atoms. The maximum atomic E-state index is 13.4. The summed E-state index contributed by atoms with van der Waals surface area (Å²) < 4.78 is 31.9. The molecule has 1 heterocycles. The number of ether oxygens (including phenoxy) is 1. The summed E-state index contributed by atoms with van der Waals surface area (Å²) in [5, 5.41) is 3.15. The SMILES string of the molecule is CC1(C)CCC(CNCc2ccc(F)cc2F)O1. The highest BCUT2D eigenvalue weighted by atomic mass is 19.1. The van der Waals surface area contributed by atoms with E-state index in [0.717, 1.165) is 18.9 Å². The second kappa shape index (κ2) is 5.33. The number of hydrogen-bond donors (Lipinski definition) is 1. The van der Waals surface area contributed by atoms with Crippen LogP contribution in [0.15, 0.2) is 18.2 Å². The molecule has 0 aliphatic carbocycles. The lowest BCUT2D eigenvalue weighted by molar-refractivity contribution is -0.0143. The Hall–Kier alpha value is -1.00. The quantitative estimate of drug-likeness (QED) is 0.893. The molecule has 1 aromatic rings. The number of hydrogen-bond acceptors (Lipinski definition) is 2. The van der Waals surface area contributed by atoms with Gasteiger partial charge in [0.05, 0.1) is 11.7 Å². The highest BCUT2D eigenvalue weighted by Crippen LogP contribution is 2.28. The van der Waals surface area contributed by atoms with Crippen LogP contribution in [0.25, 0.3) is 0 Å². The zero-order valence-corrected chi connectivity index (χ0v) is 10.8. The molecule has 4 heteroatoms. The van der Waals surface area contributed by atoms with E-state index in [9.17, 15) is 8.78 Å². The third-order valence-corrected chi connectivity index (χ3v) is 3.26. The Labute approximate surface area is 106 Å². The molecule has 1 aliphatic heterocycles. The summed E-state index contributed by atoms with van der Waals surface area (Å²) in [5.41, 5.74) is 0.432. The third-order valence-electron chi connectivity index (χ3n) is 3.26.